The van der Waals surface area contributed by atoms with Gasteiger partial charge in [-0.2, -0.15) is 0 Å². The van der Waals surface area contributed by atoms with Crippen molar-refractivity contribution in [3.8, 4) is 5.75 Å². The summed E-state index contributed by atoms with van der Waals surface area (Å²) in [5.41, 5.74) is 0.749. The second-order valence-corrected chi connectivity index (χ2v) is 7.55. The molecule has 1 fully saturated rings. The Hall–Kier alpha value is -1.47. The summed E-state index contributed by atoms with van der Waals surface area (Å²) in [5.74, 6) is 0.754. The van der Waals surface area contributed by atoms with Crippen LogP contribution in [0.25, 0.3) is 0 Å². The zero-order valence-corrected chi connectivity index (χ0v) is 13.1. The normalized spacial score (nSPS) is 20.0. The van der Waals surface area contributed by atoms with Crippen LogP contribution in [0.4, 0.5) is 4.79 Å². The van der Waals surface area contributed by atoms with Gasteiger partial charge in [0.05, 0.1) is 18.6 Å². The van der Waals surface area contributed by atoms with Crippen LogP contribution in [0.3, 0.4) is 0 Å². The monoisotopic (exact) mass is 332 g/mol. The smallest absolute Gasteiger partial charge is 0.315 e. The third kappa shape index (κ3) is 4.50. The van der Waals surface area contributed by atoms with Crippen molar-refractivity contribution in [2.75, 3.05) is 18.6 Å². The van der Waals surface area contributed by atoms with E-state index in [0.29, 0.717) is 17.2 Å². The van der Waals surface area contributed by atoms with Crippen LogP contribution in [-0.2, 0) is 16.4 Å². The molecule has 2 amide bonds. The highest BCUT2D eigenvalue weighted by atomic mass is 35.5. The number of amides is 2. The molecule has 0 bridgehead atoms. The lowest BCUT2D eigenvalue weighted by Crippen LogP contribution is -2.42. The van der Waals surface area contributed by atoms with E-state index in [-0.39, 0.29) is 24.1 Å². The lowest BCUT2D eigenvalue weighted by Gasteiger charge is -2.13. The van der Waals surface area contributed by atoms with E-state index in [1.807, 2.05) is 0 Å². The van der Waals surface area contributed by atoms with E-state index in [0.717, 1.165) is 5.56 Å². The molecule has 6 nitrogen and oxygen atoms in total. The average molecular weight is 333 g/mol. The molecule has 1 atom stereocenters. The first-order valence-electron chi connectivity index (χ1n) is 6.47. The number of hydrogen-bond donors (Lipinski definition) is 2. The van der Waals surface area contributed by atoms with Gasteiger partial charge in [0.25, 0.3) is 0 Å². The zero-order chi connectivity index (χ0) is 15.5. The molecular formula is C13H17ClN2O4S. The van der Waals surface area contributed by atoms with Crippen molar-refractivity contribution in [1.29, 1.82) is 0 Å². The number of benzene rings is 1. The van der Waals surface area contributed by atoms with E-state index in [9.17, 15) is 13.2 Å². The van der Waals surface area contributed by atoms with Gasteiger partial charge in [0, 0.05) is 23.2 Å². The van der Waals surface area contributed by atoms with Gasteiger partial charge in [-0.05, 0) is 24.6 Å². The van der Waals surface area contributed by atoms with E-state index in [1.165, 1.54) is 7.11 Å². The van der Waals surface area contributed by atoms with Gasteiger partial charge in [-0.15, -0.1) is 0 Å². The molecule has 1 aromatic rings. The maximum atomic E-state index is 11.8. The molecule has 1 unspecified atom stereocenters. The van der Waals surface area contributed by atoms with Crippen LogP contribution in [0.5, 0.6) is 5.75 Å². The minimum Gasteiger partial charge on any atom is -0.496 e. The third-order valence-corrected chi connectivity index (χ3v) is 5.25. The van der Waals surface area contributed by atoms with E-state index >= 15 is 0 Å². The van der Waals surface area contributed by atoms with Gasteiger partial charge in [0.2, 0.25) is 0 Å². The molecule has 0 spiro atoms. The van der Waals surface area contributed by atoms with E-state index < -0.39 is 15.9 Å². The average Bonchev–Trinajstić information content (AvgIpc) is 2.75. The summed E-state index contributed by atoms with van der Waals surface area (Å²) in [7, 11) is -1.47. The Morgan fingerprint density at radius 1 is 1.48 bits per heavy atom. The van der Waals surface area contributed by atoms with Gasteiger partial charge in [-0.1, -0.05) is 11.6 Å². The standard InChI is InChI=1S/C13H17ClN2O4S/c1-20-12-3-2-10(14)6-9(12)7-15-13(17)16-11-4-5-21(18,19)8-11/h2-3,6,11H,4-5,7-8H2,1H3,(H2,15,16,17). The van der Waals surface area contributed by atoms with Gasteiger partial charge in [-0.3, -0.25) is 0 Å². The Balaban J connectivity index is 1.88. The second-order valence-electron chi connectivity index (χ2n) is 4.88. The summed E-state index contributed by atoms with van der Waals surface area (Å²) >= 11 is 5.91. The maximum Gasteiger partial charge on any atom is 0.315 e. The molecule has 1 aliphatic rings. The van der Waals surface area contributed by atoms with Crippen molar-refractivity contribution >= 4 is 27.5 Å². The SMILES string of the molecule is COc1ccc(Cl)cc1CNC(=O)NC1CCS(=O)(=O)C1. The molecule has 1 saturated heterocycles. The van der Waals surface area contributed by atoms with Crippen LogP contribution in [0.15, 0.2) is 18.2 Å². The predicted molar refractivity (Wildman–Crippen MR) is 80.4 cm³/mol. The van der Waals surface area contributed by atoms with Crippen molar-refractivity contribution < 1.29 is 17.9 Å². The van der Waals surface area contributed by atoms with Crippen LogP contribution in [0, 0.1) is 0 Å². The number of nitrogens with one attached hydrogen (secondary N) is 2. The quantitative estimate of drug-likeness (QED) is 0.871. The minimum absolute atomic E-state index is 0.000899. The van der Waals surface area contributed by atoms with Gasteiger partial charge in [0.15, 0.2) is 9.84 Å². The zero-order valence-electron chi connectivity index (χ0n) is 11.6. The van der Waals surface area contributed by atoms with Crippen molar-refractivity contribution in [1.82, 2.24) is 10.6 Å². The Kier molecular flexibility index (Phi) is 4.95. The topological polar surface area (TPSA) is 84.5 Å². The fraction of sp³-hybridized carbons (Fsp3) is 0.462. The molecule has 2 N–H and O–H groups in total. The molecule has 21 heavy (non-hydrogen) atoms. The summed E-state index contributed by atoms with van der Waals surface area (Å²) in [6.45, 7) is 0.245. The first-order valence-corrected chi connectivity index (χ1v) is 8.67. The summed E-state index contributed by atoms with van der Waals surface area (Å²) < 4.78 is 27.8. The second kappa shape index (κ2) is 6.53. The Morgan fingerprint density at radius 2 is 2.24 bits per heavy atom. The largest absolute Gasteiger partial charge is 0.496 e. The number of hydrogen-bond acceptors (Lipinski definition) is 4. The number of rotatable bonds is 4. The number of carbonyl (C=O) groups excluding carboxylic acids is 1. The van der Waals surface area contributed by atoms with Crippen LogP contribution in [-0.4, -0.2) is 39.1 Å². The fourth-order valence-electron chi connectivity index (χ4n) is 2.21. The molecule has 0 aromatic heterocycles. The molecular weight excluding hydrogens is 316 g/mol. The number of urea groups is 1. The van der Waals surface area contributed by atoms with Gasteiger partial charge in [-0.25, -0.2) is 13.2 Å². The van der Waals surface area contributed by atoms with Gasteiger partial charge >= 0.3 is 6.03 Å². The molecule has 2 rings (SSSR count). The van der Waals surface area contributed by atoms with Crippen molar-refractivity contribution in [2.45, 2.75) is 19.0 Å². The number of sulfone groups is 1. The van der Waals surface area contributed by atoms with Gasteiger partial charge in [0.1, 0.15) is 5.75 Å². The highest BCUT2D eigenvalue weighted by molar-refractivity contribution is 7.91. The number of ether oxygens (including phenoxy) is 1. The molecule has 0 radical (unpaired) electrons. The van der Waals surface area contributed by atoms with E-state index in [1.54, 1.807) is 18.2 Å². The molecule has 0 saturated carbocycles. The number of methoxy groups -OCH3 is 1. The van der Waals surface area contributed by atoms with E-state index in [4.69, 9.17) is 16.3 Å². The van der Waals surface area contributed by atoms with Crippen molar-refractivity contribution in [3.63, 3.8) is 0 Å². The van der Waals surface area contributed by atoms with Crippen LogP contribution in [0.2, 0.25) is 5.02 Å². The first kappa shape index (κ1) is 15.9. The molecule has 116 valence electrons. The highest BCUT2D eigenvalue weighted by Crippen LogP contribution is 2.22. The first-order chi connectivity index (χ1) is 9.89. The third-order valence-electron chi connectivity index (χ3n) is 3.25. The van der Waals surface area contributed by atoms with Crippen LogP contribution < -0.4 is 15.4 Å². The Bertz CT molecular complexity index is 633. The Labute approximate surface area is 128 Å². The summed E-state index contributed by atoms with van der Waals surface area (Å²) in [6, 6.07) is 4.41. The molecule has 8 heteroatoms. The lowest BCUT2D eigenvalue weighted by molar-refractivity contribution is 0.237. The minimum atomic E-state index is -3.00. The molecule has 0 aliphatic carbocycles. The van der Waals surface area contributed by atoms with E-state index in [2.05, 4.69) is 10.6 Å². The van der Waals surface area contributed by atoms with Gasteiger partial charge < -0.3 is 15.4 Å². The highest BCUT2D eigenvalue weighted by Gasteiger charge is 2.28. The van der Waals surface area contributed by atoms with Crippen LogP contribution in [0.1, 0.15) is 12.0 Å². The number of halogens is 1. The number of carbonyl (C=O) groups is 1. The maximum absolute atomic E-state index is 11.8. The fourth-order valence-corrected chi connectivity index (χ4v) is 4.07. The van der Waals surface area contributed by atoms with Crippen LogP contribution >= 0.6 is 11.6 Å². The Morgan fingerprint density at radius 3 is 2.86 bits per heavy atom. The summed E-state index contributed by atoms with van der Waals surface area (Å²) in [6.07, 6.45) is 0.455. The predicted octanol–water partition coefficient (Wildman–Crippen LogP) is 1.33. The summed E-state index contributed by atoms with van der Waals surface area (Å²) in [5, 5.41) is 5.88. The van der Waals surface area contributed by atoms with Crippen molar-refractivity contribution in [2.24, 2.45) is 0 Å². The molecule has 1 heterocycles. The summed E-state index contributed by atoms with van der Waals surface area (Å²) in [4.78, 5) is 11.8. The molecule has 1 aliphatic heterocycles. The lowest BCUT2D eigenvalue weighted by atomic mass is 10.2. The molecule has 1 aromatic carbocycles. The van der Waals surface area contributed by atoms with Crippen molar-refractivity contribution in [3.05, 3.63) is 28.8 Å².